The first-order chi connectivity index (χ1) is 5.75. The van der Waals surface area contributed by atoms with Crippen molar-refractivity contribution in [2.75, 3.05) is 19.7 Å². The zero-order valence-electron chi connectivity index (χ0n) is 6.82. The van der Waals surface area contributed by atoms with Crippen molar-refractivity contribution < 1.29 is 9.53 Å². The van der Waals surface area contributed by atoms with Crippen LogP contribution in [0, 0.1) is 0 Å². The van der Waals surface area contributed by atoms with Gasteiger partial charge in [-0.3, -0.25) is 5.32 Å². The first-order valence-electron chi connectivity index (χ1n) is 4.18. The number of hydrogen-bond donors (Lipinski definition) is 2. The van der Waals surface area contributed by atoms with Crippen LogP contribution in [0.5, 0.6) is 0 Å². The number of primary amides is 1. The fraction of sp³-hybridized carbons (Fsp3) is 0.857. The predicted octanol–water partition coefficient (Wildman–Crippen LogP) is -0.915. The number of piperazine rings is 1. The van der Waals surface area contributed by atoms with Gasteiger partial charge in [-0.15, -0.1) is 0 Å². The van der Waals surface area contributed by atoms with Gasteiger partial charge >= 0.3 is 6.03 Å². The maximum absolute atomic E-state index is 10.9. The summed E-state index contributed by atoms with van der Waals surface area (Å²) >= 11 is 0. The average molecular weight is 171 g/mol. The number of nitrogens with zero attached hydrogens (tertiary/aromatic N) is 1. The predicted molar refractivity (Wildman–Crippen MR) is 42.4 cm³/mol. The minimum absolute atomic E-state index is 0.00926. The van der Waals surface area contributed by atoms with E-state index < -0.39 is 0 Å². The molecule has 0 aliphatic carbocycles. The maximum Gasteiger partial charge on any atom is 0.314 e. The molecule has 68 valence electrons. The van der Waals surface area contributed by atoms with Crippen molar-refractivity contribution in [1.82, 2.24) is 10.2 Å². The van der Waals surface area contributed by atoms with Crippen LogP contribution in [0.15, 0.2) is 0 Å². The molecule has 0 aromatic rings. The minimum atomic E-state index is -0.350. The van der Waals surface area contributed by atoms with Gasteiger partial charge in [0, 0.05) is 12.6 Å². The second kappa shape index (κ2) is 2.91. The standard InChI is InChI=1S/C7H13N3O2/c8-7(11)10-3-5-1-2-12-6(4-10)9-5/h5-6,9H,1-4H2,(H2,8,11). The molecule has 2 fully saturated rings. The van der Waals surface area contributed by atoms with Crippen LogP contribution >= 0.6 is 0 Å². The number of fused-ring (bicyclic) bond motifs is 2. The van der Waals surface area contributed by atoms with Crippen LogP contribution in [0.2, 0.25) is 0 Å². The highest BCUT2D eigenvalue weighted by atomic mass is 16.5. The summed E-state index contributed by atoms with van der Waals surface area (Å²) < 4.78 is 5.37. The molecule has 0 aromatic heterocycles. The van der Waals surface area contributed by atoms with E-state index in [-0.39, 0.29) is 12.3 Å². The fourth-order valence-electron chi connectivity index (χ4n) is 1.72. The van der Waals surface area contributed by atoms with Crippen LogP contribution in [0.25, 0.3) is 0 Å². The second-order valence-corrected chi connectivity index (χ2v) is 3.25. The van der Waals surface area contributed by atoms with Gasteiger partial charge in [-0.1, -0.05) is 0 Å². The Hall–Kier alpha value is -0.810. The van der Waals surface area contributed by atoms with Crippen molar-refractivity contribution in [1.29, 1.82) is 0 Å². The van der Waals surface area contributed by atoms with Gasteiger partial charge in [-0.2, -0.15) is 0 Å². The molecule has 2 unspecified atom stereocenters. The number of amides is 2. The topological polar surface area (TPSA) is 67.6 Å². The van der Waals surface area contributed by atoms with Crippen molar-refractivity contribution in [2.45, 2.75) is 18.7 Å². The quantitative estimate of drug-likeness (QED) is 0.495. The van der Waals surface area contributed by atoms with Gasteiger partial charge < -0.3 is 15.4 Å². The normalized spacial score (nSPS) is 34.8. The molecule has 2 saturated heterocycles. The van der Waals surface area contributed by atoms with Crippen LogP contribution in [-0.2, 0) is 4.74 Å². The zero-order chi connectivity index (χ0) is 8.55. The van der Waals surface area contributed by atoms with E-state index in [1.165, 1.54) is 0 Å². The molecule has 0 aromatic carbocycles. The number of carbonyl (C=O) groups excluding carboxylic acids is 1. The summed E-state index contributed by atoms with van der Waals surface area (Å²) in [5, 5.41) is 3.27. The van der Waals surface area contributed by atoms with Crippen LogP contribution in [0.4, 0.5) is 4.79 Å². The molecule has 2 amide bonds. The summed E-state index contributed by atoms with van der Waals surface area (Å²) in [5.41, 5.74) is 5.17. The number of nitrogens with two attached hydrogens (primary N) is 1. The van der Waals surface area contributed by atoms with Gasteiger partial charge in [0.25, 0.3) is 0 Å². The molecule has 2 aliphatic heterocycles. The lowest BCUT2D eigenvalue weighted by Gasteiger charge is -2.41. The summed E-state index contributed by atoms with van der Waals surface area (Å²) in [7, 11) is 0. The third-order valence-corrected chi connectivity index (χ3v) is 2.35. The summed E-state index contributed by atoms with van der Waals surface area (Å²) in [6, 6.07) is 0.0157. The van der Waals surface area contributed by atoms with E-state index in [2.05, 4.69) is 5.32 Å². The van der Waals surface area contributed by atoms with Crippen LogP contribution < -0.4 is 11.1 Å². The third-order valence-electron chi connectivity index (χ3n) is 2.35. The van der Waals surface area contributed by atoms with Gasteiger partial charge in [0.15, 0.2) is 0 Å². The molecule has 12 heavy (non-hydrogen) atoms. The van der Waals surface area contributed by atoms with Crippen LogP contribution in [0.3, 0.4) is 0 Å². The molecule has 2 atom stereocenters. The summed E-state index contributed by atoms with van der Waals surface area (Å²) in [6.07, 6.45) is 0.949. The average Bonchev–Trinajstić information content (AvgIpc) is 2.03. The van der Waals surface area contributed by atoms with Crippen molar-refractivity contribution in [3.8, 4) is 0 Å². The van der Waals surface area contributed by atoms with Crippen molar-refractivity contribution in [2.24, 2.45) is 5.73 Å². The van der Waals surface area contributed by atoms with Gasteiger partial charge in [0.05, 0.1) is 13.2 Å². The highest BCUT2D eigenvalue weighted by Crippen LogP contribution is 2.13. The Morgan fingerprint density at radius 2 is 2.42 bits per heavy atom. The largest absolute Gasteiger partial charge is 0.361 e. The summed E-state index contributed by atoms with van der Waals surface area (Å²) in [4.78, 5) is 12.5. The molecule has 2 aliphatic rings. The van der Waals surface area contributed by atoms with Crippen LogP contribution in [0.1, 0.15) is 6.42 Å². The SMILES string of the molecule is NC(=O)N1CC2CCOC(C1)N2. The molecular weight excluding hydrogens is 158 g/mol. The Labute approximate surface area is 70.8 Å². The zero-order valence-corrected chi connectivity index (χ0v) is 6.82. The molecule has 0 spiro atoms. The smallest absolute Gasteiger partial charge is 0.314 e. The van der Waals surface area contributed by atoms with E-state index >= 15 is 0 Å². The third kappa shape index (κ3) is 1.37. The van der Waals surface area contributed by atoms with Gasteiger partial charge in [-0.25, -0.2) is 4.79 Å². The molecule has 3 N–H and O–H groups in total. The second-order valence-electron chi connectivity index (χ2n) is 3.25. The van der Waals surface area contributed by atoms with Crippen molar-refractivity contribution >= 4 is 6.03 Å². The Morgan fingerprint density at radius 3 is 3.08 bits per heavy atom. The molecule has 0 saturated carbocycles. The van der Waals surface area contributed by atoms with E-state index in [9.17, 15) is 4.79 Å². The fourth-order valence-corrected chi connectivity index (χ4v) is 1.72. The van der Waals surface area contributed by atoms with E-state index in [4.69, 9.17) is 10.5 Å². The Morgan fingerprint density at radius 1 is 1.58 bits per heavy atom. The lowest BCUT2D eigenvalue weighted by Crippen LogP contribution is -2.62. The number of urea groups is 1. The van der Waals surface area contributed by atoms with E-state index in [1.54, 1.807) is 4.90 Å². The number of carbonyl (C=O) groups is 1. The number of nitrogens with one attached hydrogen (secondary N) is 1. The minimum Gasteiger partial charge on any atom is -0.361 e. The molecular formula is C7H13N3O2. The van der Waals surface area contributed by atoms with Gasteiger partial charge in [0.2, 0.25) is 0 Å². The lowest BCUT2D eigenvalue weighted by molar-refractivity contribution is -0.0585. The number of rotatable bonds is 0. The molecule has 5 nitrogen and oxygen atoms in total. The molecule has 2 bridgehead atoms. The Kier molecular flexibility index (Phi) is 1.90. The van der Waals surface area contributed by atoms with Gasteiger partial charge in [-0.05, 0) is 6.42 Å². The summed E-state index contributed by atoms with van der Waals surface area (Å²) in [5.74, 6) is 0. The Bertz CT molecular complexity index is 185. The first-order valence-corrected chi connectivity index (χ1v) is 4.18. The molecule has 2 rings (SSSR count). The molecule has 0 radical (unpaired) electrons. The molecule has 2 heterocycles. The highest BCUT2D eigenvalue weighted by molar-refractivity contribution is 5.72. The first kappa shape index (κ1) is 7.82. The summed E-state index contributed by atoms with van der Waals surface area (Å²) in [6.45, 7) is 2.08. The highest BCUT2D eigenvalue weighted by Gasteiger charge is 2.31. The van der Waals surface area contributed by atoms with Crippen LogP contribution in [-0.4, -0.2) is 42.9 Å². The van der Waals surface area contributed by atoms with Crippen molar-refractivity contribution in [3.05, 3.63) is 0 Å². The monoisotopic (exact) mass is 171 g/mol. The van der Waals surface area contributed by atoms with Crippen molar-refractivity contribution in [3.63, 3.8) is 0 Å². The molecule has 5 heteroatoms. The number of ether oxygens (including phenoxy) is 1. The Balaban J connectivity index is 2.00. The lowest BCUT2D eigenvalue weighted by atomic mass is 10.1. The van der Waals surface area contributed by atoms with Gasteiger partial charge in [0.1, 0.15) is 6.23 Å². The number of hydrogen-bond acceptors (Lipinski definition) is 3. The van der Waals surface area contributed by atoms with E-state index in [0.717, 1.165) is 19.6 Å². The maximum atomic E-state index is 10.9. The van der Waals surface area contributed by atoms with E-state index in [0.29, 0.717) is 12.6 Å². The van der Waals surface area contributed by atoms with E-state index in [1.807, 2.05) is 0 Å².